The average molecular weight is 554 g/mol. The van der Waals surface area contributed by atoms with Gasteiger partial charge in [0.2, 0.25) is 11.8 Å². The number of nitrogens with one attached hydrogen (secondary N) is 2. The van der Waals surface area contributed by atoms with E-state index < -0.39 is 17.7 Å². The molecular weight excluding hydrogens is 518 g/mol. The smallest absolute Gasteiger partial charge is 0.408 e. The monoisotopic (exact) mass is 553 g/mol. The van der Waals surface area contributed by atoms with Crippen molar-refractivity contribution < 1.29 is 19.1 Å². The highest BCUT2D eigenvalue weighted by molar-refractivity contribution is 6.38. The number of anilines is 1. The third-order valence-electron chi connectivity index (χ3n) is 6.71. The molecule has 0 radical (unpaired) electrons. The Kier molecular flexibility index (Phi) is 8.20. The molecule has 3 aromatic rings. The fourth-order valence-electron chi connectivity index (χ4n) is 4.72. The van der Waals surface area contributed by atoms with E-state index in [9.17, 15) is 14.4 Å². The van der Waals surface area contributed by atoms with Gasteiger partial charge in [0.25, 0.3) is 0 Å². The molecule has 4 rings (SSSR count). The van der Waals surface area contributed by atoms with Crippen molar-refractivity contribution in [3.8, 4) is 11.1 Å². The largest absolute Gasteiger partial charge is 0.444 e. The number of aryl methyl sites for hydroxylation is 1. The van der Waals surface area contributed by atoms with Crippen LogP contribution in [0.1, 0.15) is 47.1 Å². The molecule has 10 heteroatoms. The van der Waals surface area contributed by atoms with Crippen LogP contribution in [0.5, 0.6) is 0 Å². The average Bonchev–Trinajstić information content (AvgIpc) is 3.30. The molecule has 1 atom stereocenters. The summed E-state index contributed by atoms with van der Waals surface area (Å²) in [5.41, 5.74) is 3.51. The van der Waals surface area contributed by atoms with E-state index in [-0.39, 0.29) is 24.3 Å². The number of fused-ring (bicyclic) bond motifs is 1. The Labute approximate surface area is 233 Å². The summed E-state index contributed by atoms with van der Waals surface area (Å²) >= 11 is 6.83. The first-order valence-corrected chi connectivity index (χ1v) is 13.6. The van der Waals surface area contributed by atoms with E-state index in [4.69, 9.17) is 16.3 Å². The van der Waals surface area contributed by atoms with E-state index in [0.29, 0.717) is 18.1 Å². The zero-order chi connectivity index (χ0) is 28.5. The van der Waals surface area contributed by atoms with Crippen LogP contribution in [-0.2, 0) is 20.7 Å². The third-order valence-corrected chi connectivity index (χ3v) is 7.10. The number of aromatic nitrogens is 2. The summed E-state index contributed by atoms with van der Waals surface area (Å²) in [6, 6.07) is 6.81. The SMILES string of the molecule is CCc1c[nH]c2ncc(-c3cccc(N4CCN(C(=O)[C@@H](NC(=O)OC(C)(C)C)C(C)C)CC4=O)c3)c(Cl)c12. The fraction of sp³-hybridized carbons (Fsp3) is 0.448. The predicted octanol–water partition coefficient (Wildman–Crippen LogP) is 5.17. The molecule has 1 aromatic carbocycles. The van der Waals surface area contributed by atoms with Crippen LogP contribution in [0.15, 0.2) is 36.7 Å². The zero-order valence-electron chi connectivity index (χ0n) is 23.3. The minimum absolute atomic E-state index is 0.0836. The lowest BCUT2D eigenvalue weighted by Gasteiger charge is -2.37. The van der Waals surface area contributed by atoms with Crippen molar-refractivity contribution in [1.29, 1.82) is 0 Å². The maximum Gasteiger partial charge on any atom is 0.408 e. The molecule has 39 heavy (non-hydrogen) atoms. The van der Waals surface area contributed by atoms with Crippen molar-refractivity contribution in [3.63, 3.8) is 0 Å². The van der Waals surface area contributed by atoms with E-state index in [2.05, 4.69) is 22.2 Å². The fourth-order valence-corrected chi connectivity index (χ4v) is 5.09. The molecule has 3 heterocycles. The number of benzene rings is 1. The molecular formula is C29H36ClN5O4. The van der Waals surface area contributed by atoms with Crippen molar-refractivity contribution in [2.24, 2.45) is 5.92 Å². The predicted molar refractivity (Wildman–Crippen MR) is 153 cm³/mol. The van der Waals surface area contributed by atoms with Gasteiger partial charge in [-0.05, 0) is 56.4 Å². The van der Waals surface area contributed by atoms with Crippen LogP contribution in [0.3, 0.4) is 0 Å². The van der Waals surface area contributed by atoms with Gasteiger partial charge in [0, 0.05) is 42.1 Å². The second-order valence-electron chi connectivity index (χ2n) is 11.1. The molecule has 1 aliphatic rings. The van der Waals surface area contributed by atoms with Gasteiger partial charge in [-0.1, -0.05) is 44.5 Å². The van der Waals surface area contributed by atoms with Gasteiger partial charge in [-0.25, -0.2) is 9.78 Å². The lowest BCUT2D eigenvalue weighted by molar-refractivity contribution is -0.139. The number of amides is 3. The lowest BCUT2D eigenvalue weighted by Crippen LogP contribution is -2.58. The highest BCUT2D eigenvalue weighted by Crippen LogP contribution is 2.36. The highest BCUT2D eigenvalue weighted by Gasteiger charge is 2.35. The maximum atomic E-state index is 13.3. The molecule has 0 bridgehead atoms. The number of halogens is 1. The number of carbonyl (C=O) groups excluding carboxylic acids is 3. The Morgan fingerprint density at radius 1 is 1.23 bits per heavy atom. The van der Waals surface area contributed by atoms with Crippen LogP contribution >= 0.6 is 11.6 Å². The second-order valence-corrected chi connectivity index (χ2v) is 11.5. The maximum absolute atomic E-state index is 13.3. The number of aromatic amines is 1. The lowest BCUT2D eigenvalue weighted by atomic mass is 10.0. The number of ether oxygens (including phenoxy) is 1. The van der Waals surface area contributed by atoms with Crippen molar-refractivity contribution >= 4 is 46.2 Å². The van der Waals surface area contributed by atoms with E-state index >= 15 is 0 Å². The zero-order valence-corrected chi connectivity index (χ0v) is 24.1. The number of piperazine rings is 1. The summed E-state index contributed by atoms with van der Waals surface area (Å²) in [7, 11) is 0. The molecule has 2 aromatic heterocycles. The molecule has 208 valence electrons. The van der Waals surface area contributed by atoms with Gasteiger partial charge in [-0.15, -0.1) is 0 Å². The first kappa shape index (κ1) is 28.4. The summed E-state index contributed by atoms with van der Waals surface area (Å²) in [6.45, 7) is 11.6. The van der Waals surface area contributed by atoms with Gasteiger partial charge in [0.05, 0.1) is 5.02 Å². The number of carbonyl (C=O) groups is 3. The Balaban J connectivity index is 1.50. The van der Waals surface area contributed by atoms with E-state index in [1.807, 2.05) is 44.3 Å². The molecule has 0 unspecified atom stereocenters. The first-order chi connectivity index (χ1) is 18.4. The van der Waals surface area contributed by atoms with Gasteiger partial charge in [-0.3, -0.25) is 9.59 Å². The van der Waals surface area contributed by atoms with E-state index in [1.54, 1.807) is 31.9 Å². The molecule has 9 nitrogen and oxygen atoms in total. The number of alkyl carbamates (subject to hydrolysis) is 1. The normalized spacial score (nSPS) is 15.1. The number of hydrogen-bond donors (Lipinski definition) is 2. The number of hydrogen-bond acceptors (Lipinski definition) is 5. The minimum Gasteiger partial charge on any atom is -0.444 e. The van der Waals surface area contributed by atoms with Crippen LogP contribution in [0, 0.1) is 5.92 Å². The van der Waals surface area contributed by atoms with Crippen LogP contribution in [-0.4, -0.2) is 64.1 Å². The van der Waals surface area contributed by atoms with Gasteiger partial charge in [-0.2, -0.15) is 0 Å². The standard InChI is InChI=1S/C29H36ClN5O4/c1-7-18-14-31-26-23(18)24(30)21(15-32-26)19-9-8-10-20(13-19)35-12-11-34(16-22(35)36)27(37)25(17(2)3)33-28(38)39-29(4,5)6/h8-10,13-15,17,25H,7,11-12,16H2,1-6H3,(H,31,32)(H,33,38)/t25-/m0/s1. The molecule has 3 amide bonds. The van der Waals surface area contributed by atoms with Crippen molar-refractivity contribution in [1.82, 2.24) is 20.2 Å². The number of H-pyrrole nitrogens is 1. The van der Waals surface area contributed by atoms with Gasteiger partial charge < -0.3 is 24.8 Å². The number of pyridine rings is 1. The quantitative estimate of drug-likeness (QED) is 0.438. The van der Waals surface area contributed by atoms with Crippen LogP contribution < -0.4 is 10.2 Å². The molecule has 2 N–H and O–H groups in total. The first-order valence-electron chi connectivity index (χ1n) is 13.2. The summed E-state index contributed by atoms with van der Waals surface area (Å²) in [5.74, 6) is -0.689. The van der Waals surface area contributed by atoms with Gasteiger partial charge >= 0.3 is 6.09 Å². The summed E-state index contributed by atoms with van der Waals surface area (Å²) in [4.78, 5) is 49.7. The molecule has 1 saturated heterocycles. The van der Waals surface area contributed by atoms with Crippen LogP contribution in [0.4, 0.5) is 10.5 Å². The van der Waals surface area contributed by atoms with Crippen LogP contribution in [0.25, 0.3) is 22.2 Å². The number of rotatable bonds is 6. The minimum atomic E-state index is -0.798. The van der Waals surface area contributed by atoms with Gasteiger partial charge in [0.1, 0.15) is 23.8 Å². The summed E-state index contributed by atoms with van der Waals surface area (Å²) in [6.07, 6.45) is 3.83. The van der Waals surface area contributed by atoms with E-state index in [0.717, 1.165) is 39.8 Å². The molecule has 0 aliphatic carbocycles. The molecule has 1 aliphatic heterocycles. The third kappa shape index (κ3) is 6.19. The van der Waals surface area contributed by atoms with Crippen LogP contribution in [0.2, 0.25) is 5.02 Å². The Morgan fingerprint density at radius 2 is 1.97 bits per heavy atom. The number of nitrogens with zero attached hydrogens (tertiary/aromatic N) is 3. The Hall–Kier alpha value is -3.59. The van der Waals surface area contributed by atoms with Gasteiger partial charge in [0.15, 0.2) is 0 Å². The molecule has 0 spiro atoms. The molecule has 1 fully saturated rings. The van der Waals surface area contributed by atoms with Crippen molar-refractivity contribution in [2.75, 3.05) is 24.5 Å². The molecule has 0 saturated carbocycles. The van der Waals surface area contributed by atoms with Crippen molar-refractivity contribution in [2.45, 2.75) is 59.6 Å². The summed E-state index contributed by atoms with van der Waals surface area (Å²) < 4.78 is 5.33. The Bertz CT molecular complexity index is 1390. The highest BCUT2D eigenvalue weighted by atomic mass is 35.5. The topological polar surface area (TPSA) is 108 Å². The summed E-state index contributed by atoms with van der Waals surface area (Å²) in [5, 5.41) is 4.21. The van der Waals surface area contributed by atoms with E-state index in [1.165, 1.54) is 4.90 Å². The van der Waals surface area contributed by atoms with Crippen molar-refractivity contribution in [3.05, 3.63) is 47.2 Å². The Morgan fingerprint density at radius 3 is 2.62 bits per heavy atom. The second kappa shape index (κ2) is 11.3.